The highest BCUT2D eigenvalue weighted by atomic mass is 32.1. The zero-order chi connectivity index (χ0) is 21.9. The van der Waals surface area contributed by atoms with Crippen molar-refractivity contribution in [3.63, 3.8) is 0 Å². The third-order valence-corrected chi connectivity index (χ3v) is 7.80. The second-order valence-electron chi connectivity index (χ2n) is 8.73. The molecule has 0 aliphatic rings. The van der Waals surface area contributed by atoms with E-state index in [4.69, 9.17) is 0 Å². The van der Waals surface area contributed by atoms with E-state index in [2.05, 4.69) is 121 Å². The molecule has 7 rings (SSSR count). The van der Waals surface area contributed by atoms with Gasteiger partial charge in [-0.1, -0.05) is 60.2 Å². The van der Waals surface area contributed by atoms with E-state index in [1.165, 1.54) is 64.4 Å². The minimum absolute atomic E-state index is 1.19. The van der Waals surface area contributed by atoms with Crippen LogP contribution in [-0.4, -0.2) is 4.57 Å². The summed E-state index contributed by atoms with van der Waals surface area (Å²) in [5.74, 6) is 0. The fourth-order valence-corrected chi connectivity index (χ4v) is 6.15. The second kappa shape index (κ2) is 7.06. The maximum atomic E-state index is 2.37. The first-order chi connectivity index (χ1) is 16.3. The van der Waals surface area contributed by atoms with E-state index in [0.717, 1.165) is 0 Å². The van der Waals surface area contributed by atoms with Gasteiger partial charge in [0.1, 0.15) is 0 Å². The van der Waals surface area contributed by atoms with Crippen molar-refractivity contribution < 1.29 is 0 Å². The topological polar surface area (TPSA) is 4.93 Å². The maximum Gasteiger partial charge on any atom is 0.0541 e. The lowest BCUT2D eigenvalue weighted by molar-refractivity contribution is 1.18. The molecule has 7 aromatic rings. The molecule has 0 saturated heterocycles. The third kappa shape index (κ3) is 2.84. The van der Waals surface area contributed by atoms with Gasteiger partial charge < -0.3 is 4.57 Å². The molecule has 2 heteroatoms. The van der Waals surface area contributed by atoms with Crippen LogP contribution in [0.3, 0.4) is 0 Å². The molecular formula is C31H21NS. The average Bonchev–Trinajstić information content (AvgIpc) is 3.39. The Morgan fingerprint density at radius 1 is 0.515 bits per heavy atom. The van der Waals surface area contributed by atoms with E-state index in [1.54, 1.807) is 0 Å². The molecule has 0 bridgehead atoms. The highest BCUT2D eigenvalue weighted by Crippen LogP contribution is 2.39. The SMILES string of the molecule is Cc1ccc2sc3ccc(-c4ccc5c(c4)c4ccccc4n5-c4ccccc4)cc3c2c1. The molecular weight excluding hydrogens is 418 g/mol. The van der Waals surface area contributed by atoms with Gasteiger partial charge in [0.05, 0.1) is 11.0 Å². The number of hydrogen-bond donors (Lipinski definition) is 0. The van der Waals surface area contributed by atoms with Crippen molar-refractivity contribution in [2.75, 3.05) is 0 Å². The van der Waals surface area contributed by atoms with Crippen LogP contribution in [0.4, 0.5) is 0 Å². The number of aromatic nitrogens is 1. The van der Waals surface area contributed by atoms with E-state index in [1.807, 2.05) is 11.3 Å². The van der Waals surface area contributed by atoms with Gasteiger partial charge in [-0.25, -0.2) is 0 Å². The lowest BCUT2D eigenvalue weighted by Crippen LogP contribution is -1.92. The van der Waals surface area contributed by atoms with Gasteiger partial charge in [0, 0.05) is 36.6 Å². The fraction of sp³-hybridized carbons (Fsp3) is 0.0323. The van der Waals surface area contributed by atoms with Crippen LogP contribution < -0.4 is 0 Å². The van der Waals surface area contributed by atoms with E-state index < -0.39 is 0 Å². The van der Waals surface area contributed by atoms with Crippen LogP contribution in [0.15, 0.2) is 109 Å². The molecule has 0 atom stereocenters. The Balaban J connectivity index is 1.48. The summed E-state index contributed by atoms with van der Waals surface area (Å²) in [6, 6.07) is 39.9. The molecule has 33 heavy (non-hydrogen) atoms. The lowest BCUT2D eigenvalue weighted by Gasteiger charge is -2.08. The molecule has 0 saturated carbocycles. The number of rotatable bonds is 2. The molecule has 2 aromatic heterocycles. The number of para-hydroxylation sites is 2. The maximum absolute atomic E-state index is 2.37. The standard InChI is InChI=1S/C31H21NS/c1-20-11-15-30-26(17-20)27-19-22(13-16-31(27)33-30)21-12-14-29-25(18-21)24-9-5-6-10-28(24)32(29)23-7-3-2-4-8-23/h2-19H,1H3. The molecule has 0 radical (unpaired) electrons. The summed E-state index contributed by atoms with van der Waals surface area (Å²) in [5, 5.41) is 5.29. The van der Waals surface area contributed by atoms with Crippen LogP contribution in [0.1, 0.15) is 5.56 Å². The van der Waals surface area contributed by atoms with Crippen molar-refractivity contribution in [1.82, 2.24) is 4.57 Å². The van der Waals surface area contributed by atoms with E-state index in [9.17, 15) is 0 Å². The van der Waals surface area contributed by atoms with Crippen molar-refractivity contribution in [1.29, 1.82) is 0 Å². The second-order valence-corrected chi connectivity index (χ2v) is 9.82. The minimum atomic E-state index is 1.19. The number of benzene rings is 5. The molecule has 0 aliphatic carbocycles. The number of hydrogen-bond acceptors (Lipinski definition) is 1. The number of nitrogens with zero attached hydrogens (tertiary/aromatic N) is 1. The Hall–Kier alpha value is -3.88. The summed E-state index contributed by atoms with van der Waals surface area (Å²) in [6.45, 7) is 2.17. The highest BCUT2D eigenvalue weighted by Gasteiger charge is 2.13. The van der Waals surface area contributed by atoms with Crippen LogP contribution in [0, 0.1) is 6.92 Å². The van der Waals surface area contributed by atoms with E-state index >= 15 is 0 Å². The molecule has 2 heterocycles. The van der Waals surface area contributed by atoms with Crippen LogP contribution in [0.5, 0.6) is 0 Å². The molecule has 5 aromatic carbocycles. The van der Waals surface area contributed by atoms with Crippen LogP contribution in [-0.2, 0) is 0 Å². The molecule has 0 spiro atoms. The fourth-order valence-electron chi connectivity index (χ4n) is 5.08. The molecule has 0 unspecified atom stereocenters. The minimum Gasteiger partial charge on any atom is -0.309 e. The van der Waals surface area contributed by atoms with E-state index in [0.29, 0.717) is 0 Å². The molecule has 0 fully saturated rings. The molecule has 156 valence electrons. The Morgan fingerprint density at radius 3 is 2.00 bits per heavy atom. The molecule has 0 amide bonds. The number of thiophene rings is 1. The van der Waals surface area contributed by atoms with Gasteiger partial charge in [-0.2, -0.15) is 0 Å². The van der Waals surface area contributed by atoms with Gasteiger partial charge in [-0.3, -0.25) is 0 Å². The van der Waals surface area contributed by atoms with Crippen molar-refractivity contribution in [3.8, 4) is 16.8 Å². The van der Waals surface area contributed by atoms with Gasteiger partial charge in [-0.05, 0) is 72.6 Å². The normalized spacial score (nSPS) is 11.8. The van der Waals surface area contributed by atoms with Crippen LogP contribution in [0.2, 0.25) is 0 Å². The number of fused-ring (bicyclic) bond motifs is 6. The zero-order valence-electron chi connectivity index (χ0n) is 18.2. The largest absolute Gasteiger partial charge is 0.309 e. The van der Waals surface area contributed by atoms with Gasteiger partial charge in [0.25, 0.3) is 0 Å². The Kier molecular flexibility index (Phi) is 3.99. The third-order valence-electron chi connectivity index (χ3n) is 6.65. The quantitative estimate of drug-likeness (QED) is 0.253. The highest BCUT2D eigenvalue weighted by molar-refractivity contribution is 7.25. The first-order valence-electron chi connectivity index (χ1n) is 11.3. The van der Waals surface area contributed by atoms with Crippen molar-refractivity contribution in [3.05, 3.63) is 115 Å². The van der Waals surface area contributed by atoms with Crippen molar-refractivity contribution in [2.24, 2.45) is 0 Å². The predicted octanol–water partition coefficient (Wildman–Crippen LogP) is 9.13. The summed E-state index contributed by atoms with van der Waals surface area (Å²) in [4.78, 5) is 0. The zero-order valence-corrected chi connectivity index (χ0v) is 19.1. The Bertz CT molecular complexity index is 1820. The van der Waals surface area contributed by atoms with Gasteiger partial charge >= 0.3 is 0 Å². The van der Waals surface area contributed by atoms with Gasteiger partial charge in [0.2, 0.25) is 0 Å². The smallest absolute Gasteiger partial charge is 0.0541 e. The monoisotopic (exact) mass is 439 g/mol. The molecule has 0 N–H and O–H groups in total. The van der Waals surface area contributed by atoms with Crippen molar-refractivity contribution in [2.45, 2.75) is 6.92 Å². The summed E-state index contributed by atoms with van der Waals surface area (Å²) < 4.78 is 5.07. The summed E-state index contributed by atoms with van der Waals surface area (Å²) in [6.07, 6.45) is 0. The summed E-state index contributed by atoms with van der Waals surface area (Å²) in [5.41, 5.74) is 7.50. The number of aryl methyl sites for hydroxylation is 1. The Labute approximate surface area is 196 Å². The predicted molar refractivity (Wildman–Crippen MR) is 144 cm³/mol. The molecule has 1 nitrogen and oxygen atoms in total. The summed E-state index contributed by atoms with van der Waals surface area (Å²) >= 11 is 1.88. The molecule has 0 aliphatic heterocycles. The van der Waals surface area contributed by atoms with Gasteiger partial charge in [0.15, 0.2) is 0 Å². The average molecular weight is 440 g/mol. The van der Waals surface area contributed by atoms with Gasteiger partial charge in [-0.15, -0.1) is 11.3 Å². The Morgan fingerprint density at radius 2 is 1.15 bits per heavy atom. The summed E-state index contributed by atoms with van der Waals surface area (Å²) in [7, 11) is 0. The van der Waals surface area contributed by atoms with Crippen molar-refractivity contribution >= 4 is 53.3 Å². The van der Waals surface area contributed by atoms with Crippen LogP contribution >= 0.6 is 11.3 Å². The first-order valence-corrected chi connectivity index (χ1v) is 12.1. The lowest BCUT2D eigenvalue weighted by atomic mass is 10.0. The first kappa shape index (κ1) is 18.7. The van der Waals surface area contributed by atoms with Crippen LogP contribution in [0.25, 0.3) is 58.8 Å². The van der Waals surface area contributed by atoms with E-state index in [-0.39, 0.29) is 0 Å².